The van der Waals surface area contributed by atoms with Gasteiger partial charge >= 0.3 is 6.16 Å². The minimum Gasteiger partial charge on any atom is -0.429 e. The molecule has 1 aromatic rings. The van der Waals surface area contributed by atoms with Crippen LogP contribution in [0.2, 0.25) is 0 Å². The lowest BCUT2D eigenvalue weighted by Gasteiger charge is -2.18. The van der Waals surface area contributed by atoms with Crippen LogP contribution in [0.1, 0.15) is 31.7 Å². The van der Waals surface area contributed by atoms with Gasteiger partial charge in [-0.05, 0) is 12.0 Å². The van der Waals surface area contributed by atoms with Gasteiger partial charge in [-0.2, -0.15) is 0 Å². The maximum atomic E-state index is 11.2. The van der Waals surface area contributed by atoms with Crippen LogP contribution >= 0.6 is 0 Å². The molecular formula is C16H18O3. The van der Waals surface area contributed by atoms with Crippen LogP contribution in [0, 0.1) is 11.8 Å². The first-order chi connectivity index (χ1) is 9.24. The van der Waals surface area contributed by atoms with E-state index in [4.69, 9.17) is 9.47 Å². The molecule has 1 saturated heterocycles. The summed E-state index contributed by atoms with van der Waals surface area (Å²) in [5, 5.41) is 0. The molecule has 0 aliphatic carbocycles. The second kappa shape index (κ2) is 6.29. The summed E-state index contributed by atoms with van der Waals surface area (Å²) in [6.45, 7) is 2.33. The standard InChI is InChI=1S/C16H18O3/c1-2-3-4-8-11-16(13-18-15(17)19-16)12-14-9-6-5-7-10-14/h5-7,9-10H,2-4,12-13H2,1H3. The van der Waals surface area contributed by atoms with Gasteiger partial charge in [-0.3, -0.25) is 0 Å². The molecule has 1 atom stereocenters. The van der Waals surface area contributed by atoms with E-state index in [9.17, 15) is 4.79 Å². The fraction of sp³-hybridized carbons (Fsp3) is 0.438. The average molecular weight is 258 g/mol. The van der Waals surface area contributed by atoms with Gasteiger partial charge in [0, 0.05) is 12.8 Å². The zero-order valence-corrected chi connectivity index (χ0v) is 11.1. The van der Waals surface area contributed by atoms with E-state index in [1.54, 1.807) is 0 Å². The molecule has 3 nitrogen and oxygen atoms in total. The van der Waals surface area contributed by atoms with Crippen molar-refractivity contribution in [3.05, 3.63) is 35.9 Å². The zero-order chi connectivity index (χ0) is 13.6. The molecule has 1 aliphatic heterocycles. The van der Waals surface area contributed by atoms with Gasteiger partial charge in [0.2, 0.25) is 5.60 Å². The van der Waals surface area contributed by atoms with Crippen molar-refractivity contribution in [1.29, 1.82) is 0 Å². The highest BCUT2D eigenvalue weighted by Crippen LogP contribution is 2.24. The summed E-state index contributed by atoms with van der Waals surface area (Å²) in [5.41, 5.74) is 0.275. The van der Waals surface area contributed by atoms with Crippen molar-refractivity contribution in [2.75, 3.05) is 6.61 Å². The molecular weight excluding hydrogens is 240 g/mol. The Morgan fingerprint density at radius 2 is 2.11 bits per heavy atom. The van der Waals surface area contributed by atoms with Crippen molar-refractivity contribution in [2.24, 2.45) is 0 Å². The number of cyclic esters (lactones) is 2. The van der Waals surface area contributed by atoms with Crippen molar-refractivity contribution in [1.82, 2.24) is 0 Å². The number of hydrogen-bond donors (Lipinski definition) is 0. The highest BCUT2D eigenvalue weighted by molar-refractivity contribution is 5.64. The minimum absolute atomic E-state index is 0.208. The van der Waals surface area contributed by atoms with E-state index >= 15 is 0 Å². The molecule has 0 spiro atoms. The monoisotopic (exact) mass is 258 g/mol. The van der Waals surface area contributed by atoms with Gasteiger partial charge in [-0.15, -0.1) is 0 Å². The van der Waals surface area contributed by atoms with Crippen LogP contribution in [0.5, 0.6) is 0 Å². The van der Waals surface area contributed by atoms with Gasteiger partial charge in [0.25, 0.3) is 0 Å². The first-order valence-corrected chi connectivity index (χ1v) is 6.64. The number of hydrogen-bond acceptors (Lipinski definition) is 3. The number of benzene rings is 1. The second-order valence-corrected chi connectivity index (χ2v) is 4.70. The van der Waals surface area contributed by atoms with E-state index in [0.717, 1.165) is 24.8 Å². The zero-order valence-electron chi connectivity index (χ0n) is 11.1. The topological polar surface area (TPSA) is 35.5 Å². The summed E-state index contributed by atoms with van der Waals surface area (Å²) in [6.07, 6.45) is 2.93. The molecule has 3 heteroatoms. The number of unbranched alkanes of at least 4 members (excludes halogenated alkanes) is 2. The van der Waals surface area contributed by atoms with E-state index in [1.165, 1.54) is 0 Å². The van der Waals surface area contributed by atoms with E-state index in [-0.39, 0.29) is 6.61 Å². The summed E-state index contributed by atoms with van der Waals surface area (Å²) in [4.78, 5) is 11.2. The van der Waals surface area contributed by atoms with E-state index in [1.807, 2.05) is 30.3 Å². The predicted molar refractivity (Wildman–Crippen MR) is 72.6 cm³/mol. The summed E-state index contributed by atoms with van der Waals surface area (Å²) in [6, 6.07) is 9.89. The lowest BCUT2D eigenvalue weighted by Crippen LogP contribution is -2.32. The molecule has 0 aromatic heterocycles. The Labute approximate surface area is 113 Å². The third-order valence-corrected chi connectivity index (χ3v) is 3.01. The Bertz CT molecular complexity index is 484. The van der Waals surface area contributed by atoms with Gasteiger partial charge in [0.15, 0.2) is 0 Å². The van der Waals surface area contributed by atoms with E-state index < -0.39 is 11.8 Å². The Morgan fingerprint density at radius 1 is 1.32 bits per heavy atom. The first-order valence-electron chi connectivity index (χ1n) is 6.64. The van der Waals surface area contributed by atoms with Crippen molar-refractivity contribution < 1.29 is 14.3 Å². The summed E-state index contributed by atoms with van der Waals surface area (Å²) in [7, 11) is 0. The molecule has 0 bridgehead atoms. The molecule has 1 heterocycles. The molecule has 0 radical (unpaired) electrons. The fourth-order valence-corrected chi connectivity index (χ4v) is 2.00. The van der Waals surface area contributed by atoms with Crippen LogP contribution in [0.4, 0.5) is 4.79 Å². The Balaban J connectivity index is 2.11. The maximum absolute atomic E-state index is 11.2. The van der Waals surface area contributed by atoms with Crippen LogP contribution in [0.25, 0.3) is 0 Å². The van der Waals surface area contributed by atoms with Crippen molar-refractivity contribution in [2.45, 2.75) is 38.2 Å². The molecule has 1 aromatic carbocycles. The van der Waals surface area contributed by atoms with Crippen LogP contribution in [0.3, 0.4) is 0 Å². The molecule has 1 aliphatic rings. The molecule has 19 heavy (non-hydrogen) atoms. The SMILES string of the molecule is CCCCC#CC1(Cc2ccccc2)COC(=O)O1. The van der Waals surface area contributed by atoms with Gasteiger partial charge in [-0.25, -0.2) is 4.79 Å². The Hall–Kier alpha value is -1.95. The second-order valence-electron chi connectivity index (χ2n) is 4.70. The van der Waals surface area contributed by atoms with Gasteiger partial charge < -0.3 is 9.47 Å². The molecule has 0 N–H and O–H groups in total. The maximum Gasteiger partial charge on any atom is 0.510 e. The number of rotatable bonds is 4. The molecule has 1 unspecified atom stereocenters. The summed E-state index contributed by atoms with van der Waals surface area (Å²) < 4.78 is 10.2. The Morgan fingerprint density at radius 3 is 2.74 bits per heavy atom. The minimum atomic E-state index is -0.813. The first kappa shape index (κ1) is 13.5. The van der Waals surface area contributed by atoms with Crippen molar-refractivity contribution in [3.8, 4) is 11.8 Å². The van der Waals surface area contributed by atoms with Gasteiger partial charge in [0.1, 0.15) is 6.61 Å². The lowest BCUT2D eigenvalue weighted by molar-refractivity contribution is 0.0947. The fourth-order valence-electron chi connectivity index (χ4n) is 2.00. The third kappa shape index (κ3) is 3.75. The molecule has 0 saturated carbocycles. The Kier molecular flexibility index (Phi) is 4.46. The summed E-state index contributed by atoms with van der Waals surface area (Å²) in [5.74, 6) is 6.19. The predicted octanol–water partition coefficient (Wildman–Crippen LogP) is 3.33. The van der Waals surface area contributed by atoms with Crippen LogP contribution in [0.15, 0.2) is 30.3 Å². The lowest BCUT2D eigenvalue weighted by atomic mass is 9.95. The van der Waals surface area contributed by atoms with Crippen LogP contribution < -0.4 is 0 Å². The quantitative estimate of drug-likeness (QED) is 0.472. The summed E-state index contributed by atoms with van der Waals surface area (Å²) >= 11 is 0. The third-order valence-electron chi connectivity index (χ3n) is 3.01. The van der Waals surface area contributed by atoms with E-state index in [0.29, 0.717) is 6.42 Å². The molecule has 2 rings (SSSR count). The highest BCUT2D eigenvalue weighted by atomic mass is 16.8. The van der Waals surface area contributed by atoms with Gasteiger partial charge in [0.05, 0.1) is 0 Å². The highest BCUT2D eigenvalue weighted by Gasteiger charge is 2.41. The van der Waals surface area contributed by atoms with Crippen molar-refractivity contribution in [3.63, 3.8) is 0 Å². The molecule has 1 fully saturated rings. The smallest absolute Gasteiger partial charge is 0.429 e. The number of carbonyl (C=O) groups is 1. The van der Waals surface area contributed by atoms with E-state index in [2.05, 4.69) is 18.8 Å². The van der Waals surface area contributed by atoms with Crippen molar-refractivity contribution >= 4 is 6.16 Å². The normalized spacial score (nSPS) is 21.2. The van der Waals surface area contributed by atoms with Crippen LogP contribution in [-0.4, -0.2) is 18.4 Å². The largest absolute Gasteiger partial charge is 0.510 e. The molecule has 0 amide bonds. The number of carbonyl (C=O) groups excluding carboxylic acids is 1. The van der Waals surface area contributed by atoms with Gasteiger partial charge in [-0.1, -0.05) is 55.5 Å². The number of ether oxygens (including phenoxy) is 2. The average Bonchev–Trinajstić information content (AvgIpc) is 2.78. The molecule has 100 valence electrons. The van der Waals surface area contributed by atoms with Crippen LogP contribution in [-0.2, 0) is 15.9 Å².